The SMILES string of the molecule is CC(C)(C)OC(=O)NC1CCC(O)C1.CC(C)(C)OC(=O)NC1CCC(Oc2ccc(C(F)(F)F)cc2)C1. The van der Waals surface area contributed by atoms with Crippen molar-refractivity contribution in [2.24, 2.45) is 0 Å². The van der Waals surface area contributed by atoms with Crippen molar-refractivity contribution in [1.82, 2.24) is 10.6 Å². The Labute approximate surface area is 222 Å². The summed E-state index contributed by atoms with van der Waals surface area (Å²) in [5.41, 5.74) is -1.72. The minimum absolute atomic E-state index is 0.0562. The van der Waals surface area contributed by atoms with E-state index in [0.29, 0.717) is 18.6 Å². The number of benzene rings is 1. The summed E-state index contributed by atoms with van der Waals surface area (Å²) < 4.78 is 53.6. The second-order valence-electron chi connectivity index (χ2n) is 11.7. The van der Waals surface area contributed by atoms with Crippen LogP contribution in [-0.4, -0.2) is 52.8 Å². The molecular weight excluding hydrogens is 505 g/mol. The average molecular weight is 547 g/mol. The highest BCUT2D eigenvalue weighted by molar-refractivity contribution is 5.68. The zero-order valence-electron chi connectivity index (χ0n) is 23.0. The lowest BCUT2D eigenvalue weighted by atomic mass is 10.2. The maximum absolute atomic E-state index is 12.5. The number of amides is 2. The number of alkyl carbamates (subject to hydrolysis) is 2. The number of alkyl halides is 3. The van der Waals surface area contributed by atoms with E-state index in [1.54, 1.807) is 20.8 Å². The van der Waals surface area contributed by atoms with Crippen LogP contribution in [0.25, 0.3) is 0 Å². The molecule has 3 N–H and O–H groups in total. The summed E-state index contributed by atoms with van der Waals surface area (Å²) >= 11 is 0. The molecule has 0 heterocycles. The Bertz CT molecular complexity index is 909. The first-order valence-electron chi connectivity index (χ1n) is 12.9. The summed E-state index contributed by atoms with van der Waals surface area (Å²) in [6.07, 6.45) is -1.32. The number of rotatable bonds is 4. The van der Waals surface area contributed by atoms with Gasteiger partial charge in [-0.15, -0.1) is 0 Å². The van der Waals surface area contributed by atoms with Crippen molar-refractivity contribution in [2.75, 3.05) is 0 Å². The fourth-order valence-corrected chi connectivity index (χ4v) is 4.13. The summed E-state index contributed by atoms with van der Waals surface area (Å²) in [6, 6.07) is 4.65. The van der Waals surface area contributed by atoms with Gasteiger partial charge in [-0.25, -0.2) is 9.59 Å². The lowest BCUT2D eigenvalue weighted by Crippen LogP contribution is -2.38. The third-order valence-corrected chi connectivity index (χ3v) is 5.72. The molecular formula is C27H41F3N2O6. The number of ether oxygens (including phenoxy) is 3. The van der Waals surface area contributed by atoms with Crippen LogP contribution in [0.3, 0.4) is 0 Å². The van der Waals surface area contributed by atoms with Gasteiger partial charge in [0.15, 0.2) is 0 Å². The number of nitrogens with one attached hydrogen (secondary N) is 2. The molecule has 2 aliphatic rings. The molecule has 0 aromatic heterocycles. The first-order chi connectivity index (χ1) is 17.4. The van der Waals surface area contributed by atoms with Gasteiger partial charge in [0.25, 0.3) is 0 Å². The number of carbonyl (C=O) groups excluding carboxylic acids is 2. The fourth-order valence-electron chi connectivity index (χ4n) is 4.13. The molecule has 216 valence electrons. The zero-order chi connectivity index (χ0) is 28.7. The molecule has 38 heavy (non-hydrogen) atoms. The highest BCUT2D eigenvalue weighted by atomic mass is 19.4. The third kappa shape index (κ3) is 12.2. The molecule has 2 aliphatic carbocycles. The zero-order valence-corrected chi connectivity index (χ0v) is 23.0. The topological polar surface area (TPSA) is 106 Å². The highest BCUT2D eigenvalue weighted by Crippen LogP contribution is 2.31. The predicted octanol–water partition coefficient (Wildman–Crippen LogP) is 5.95. The van der Waals surface area contributed by atoms with Gasteiger partial charge in [-0.3, -0.25) is 0 Å². The van der Waals surface area contributed by atoms with E-state index in [9.17, 15) is 27.9 Å². The molecule has 1 aromatic rings. The van der Waals surface area contributed by atoms with Crippen LogP contribution in [0, 0.1) is 0 Å². The van der Waals surface area contributed by atoms with Gasteiger partial charge in [0.1, 0.15) is 23.1 Å². The number of halogens is 3. The van der Waals surface area contributed by atoms with Gasteiger partial charge < -0.3 is 30.0 Å². The minimum atomic E-state index is -4.35. The van der Waals surface area contributed by atoms with E-state index in [4.69, 9.17) is 14.2 Å². The second kappa shape index (κ2) is 12.9. The maximum atomic E-state index is 12.5. The standard InChI is InChI=1S/C17H22F3NO3.C10H19NO3/c1-16(2,3)24-15(22)21-12-6-9-14(10-12)23-13-7-4-11(5-8-13)17(18,19)20;1-10(2,3)14-9(13)11-7-4-5-8(12)6-7/h4-5,7-8,12,14H,6,9-10H2,1-3H3,(H,21,22);7-8,12H,4-6H2,1-3H3,(H,11,13). The summed E-state index contributed by atoms with van der Waals surface area (Å²) in [4.78, 5) is 23.0. The molecule has 11 heteroatoms. The molecule has 3 rings (SSSR count). The lowest BCUT2D eigenvalue weighted by Gasteiger charge is -2.21. The molecule has 0 saturated heterocycles. The monoisotopic (exact) mass is 546 g/mol. The van der Waals surface area contributed by atoms with Crippen LogP contribution in [0.5, 0.6) is 5.75 Å². The van der Waals surface area contributed by atoms with E-state index in [1.807, 2.05) is 20.8 Å². The summed E-state index contributed by atoms with van der Waals surface area (Å²) in [5.74, 6) is 0.394. The Morgan fingerprint density at radius 3 is 1.68 bits per heavy atom. The molecule has 2 amide bonds. The maximum Gasteiger partial charge on any atom is 0.416 e. The first-order valence-corrected chi connectivity index (χ1v) is 12.9. The van der Waals surface area contributed by atoms with Crippen molar-refractivity contribution in [3.8, 4) is 5.75 Å². The van der Waals surface area contributed by atoms with Crippen molar-refractivity contribution < 1.29 is 42.1 Å². The minimum Gasteiger partial charge on any atom is -0.490 e. The third-order valence-electron chi connectivity index (χ3n) is 5.72. The molecule has 4 atom stereocenters. The van der Waals surface area contributed by atoms with Gasteiger partial charge in [0, 0.05) is 18.5 Å². The van der Waals surface area contributed by atoms with Gasteiger partial charge in [-0.05, 0) is 97.9 Å². The summed E-state index contributed by atoms with van der Waals surface area (Å²) in [6.45, 7) is 10.9. The van der Waals surface area contributed by atoms with E-state index < -0.39 is 35.1 Å². The lowest BCUT2D eigenvalue weighted by molar-refractivity contribution is -0.137. The van der Waals surface area contributed by atoms with Crippen molar-refractivity contribution in [3.63, 3.8) is 0 Å². The first kappa shape index (κ1) is 31.5. The van der Waals surface area contributed by atoms with Crippen LogP contribution in [0.2, 0.25) is 0 Å². The van der Waals surface area contributed by atoms with Gasteiger partial charge in [0.2, 0.25) is 0 Å². The Morgan fingerprint density at radius 1 is 0.789 bits per heavy atom. The normalized spacial score (nSPS) is 23.6. The smallest absolute Gasteiger partial charge is 0.416 e. The van der Waals surface area contributed by atoms with Crippen molar-refractivity contribution in [2.45, 2.75) is 122 Å². The predicted molar refractivity (Wildman–Crippen MR) is 136 cm³/mol. The van der Waals surface area contributed by atoms with E-state index in [-0.39, 0.29) is 24.3 Å². The van der Waals surface area contributed by atoms with E-state index in [1.165, 1.54) is 12.1 Å². The van der Waals surface area contributed by atoms with Crippen LogP contribution in [0.4, 0.5) is 22.8 Å². The summed E-state index contributed by atoms with van der Waals surface area (Å²) in [7, 11) is 0. The number of hydrogen-bond acceptors (Lipinski definition) is 6. The molecule has 0 radical (unpaired) electrons. The Morgan fingerprint density at radius 2 is 1.26 bits per heavy atom. The fraction of sp³-hybridized carbons (Fsp3) is 0.704. The molecule has 0 aliphatic heterocycles. The number of aliphatic hydroxyl groups is 1. The van der Waals surface area contributed by atoms with Crippen LogP contribution in [0.1, 0.15) is 85.6 Å². The van der Waals surface area contributed by atoms with E-state index in [0.717, 1.165) is 37.8 Å². The van der Waals surface area contributed by atoms with Crippen LogP contribution < -0.4 is 15.4 Å². The summed E-state index contributed by atoms with van der Waals surface area (Å²) in [5, 5.41) is 14.8. The molecule has 1 aromatic carbocycles. The van der Waals surface area contributed by atoms with E-state index >= 15 is 0 Å². The van der Waals surface area contributed by atoms with Crippen molar-refractivity contribution >= 4 is 12.2 Å². The molecule has 2 saturated carbocycles. The van der Waals surface area contributed by atoms with Crippen LogP contribution in [0.15, 0.2) is 24.3 Å². The largest absolute Gasteiger partial charge is 0.490 e. The molecule has 8 nitrogen and oxygen atoms in total. The quantitative estimate of drug-likeness (QED) is 0.431. The Kier molecular flexibility index (Phi) is 10.7. The number of aliphatic hydroxyl groups excluding tert-OH is 1. The second-order valence-corrected chi connectivity index (χ2v) is 11.7. The van der Waals surface area contributed by atoms with Gasteiger partial charge in [0.05, 0.1) is 11.7 Å². The number of hydrogen-bond donors (Lipinski definition) is 3. The Hall–Kier alpha value is -2.69. The van der Waals surface area contributed by atoms with Crippen LogP contribution >= 0.6 is 0 Å². The Balaban J connectivity index is 0.000000308. The molecule has 0 spiro atoms. The molecule has 2 fully saturated rings. The van der Waals surface area contributed by atoms with Crippen molar-refractivity contribution in [1.29, 1.82) is 0 Å². The average Bonchev–Trinajstić information content (AvgIpc) is 3.33. The highest BCUT2D eigenvalue weighted by Gasteiger charge is 2.31. The van der Waals surface area contributed by atoms with Crippen molar-refractivity contribution in [3.05, 3.63) is 29.8 Å². The van der Waals surface area contributed by atoms with E-state index in [2.05, 4.69) is 10.6 Å². The molecule has 0 bridgehead atoms. The van der Waals surface area contributed by atoms with Gasteiger partial charge in [-0.1, -0.05) is 0 Å². The van der Waals surface area contributed by atoms with Gasteiger partial charge in [-0.2, -0.15) is 13.2 Å². The van der Waals surface area contributed by atoms with Crippen LogP contribution in [-0.2, 0) is 15.7 Å². The number of carbonyl (C=O) groups is 2. The van der Waals surface area contributed by atoms with Gasteiger partial charge >= 0.3 is 18.4 Å². The molecule has 4 unspecified atom stereocenters.